The molecule has 1 aliphatic rings. The van der Waals surface area contributed by atoms with Gasteiger partial charge in [-0.1, -0.05) is 6.07 Å². The summed E-state index contributed by atoms with van der Waals surface area (Å²) in [5.41, 5.74) is -0.687. The summed E-state index contributed by atoms with van der Waals surface area (Å²) in [6.45, 7) is 1.20. The number of nitrogens with zero attached hydrogens (tertiary/aromatic N) is 1. The van der Waals surface area contributed by atoms with Gasteiger partial charge in [-0.2, -0.15) is 0 Å². The monoisotopic (exact) mass is 312 g/mol. The maximum atomic E-state index is 11.7. The molecule has 0 bridgehead atoms. The van der Waals surface area contributed by atoms with Crippen molar-refractivity contribution in [1.82, 2.24) is 10.3 Å². The van der Waals surface area contributed by atoms with Gasteiger partial charge in [-0.3, -0.25) is 4.79 Å². The molecule has 0 saturated carbocycles. The topological polar surface area (TPSA) is 102 Å². The van der Waals surface area contributed by atoms with Gasteiger partial charge in [0.2, 0.25) is 0 Å². The van der Waals surface area contributed by atoms with Crippen molar-refractivity contribution in [2.45, 2.75) is 18.9 Å². The fourth-order valence-corrected chi connectivity index (χ4v) is 4.26. The Morgan fingerprint density at radius 2 is 2.19 bits per heavy atom. The van der Waals surface area contributed by atoms with Crippen molar-refractivity contribution in [3.05, 3.63) is 30.1 Å². The highest BCUT2D eigenvalue weighted by Gasteiger charge is 2.39. The number of nitrogens with one attached hydrogen (secondary N) is 1. The van der Waals surface area contributed by atoms with Crippen LogP contribution in [-0.4, -0.2) is 48.9 Å². The molecule has 0 radical (unpaired) electrons. The standard InChI is InChI=1S/C13H16N2O5S/c1-13(5-7-21(18,19)9-13)15-11(16)8-20-12(17)10-4-2-3-6-14-10/h2-4,6H,5,7-9H2,1H3,(H,15,16)/t13-/m0/s1. The number of carbonyl (C=O) groups is 2. The maximum absolute atomic E-state index is 11.7. The molecule has 2 rings (SSSR count). The molecule has 114 valence electrons. The molecule has 1 aromatic heterocycles. The van der Waals surface area contributed by atoms with E-state index in [0.29, 0.717) is 6.42 Å². The van der Waals surface area contributed by atoms with E-state index >= 15 is 0 Å². The molecule has 2 heterocycles. The second-order valence-corrected chi connectivity index (χ2v) is 7.43. The molecule has 1 atom stereocenters. The molecule has 7 nitrogen and oxygen atoms in total. The number of carbonyl (C=O) groups excluding carboxylic acids is 2. The van der Waals surface area contributed by atoms with E-state index in [4.69, 9.17) is 4.74 Å². The van der Waals surface area contributed by atoms with Gasteiger partial charge >= 0.3 is 5.97 Å². The third-order valence-corrected chi connectivity index (χ3v) is 5.06. The van der Waals surface area contributed by atoms with Gasteiger partial charge in [-0.05, 0) is 25.5 Å². The van der Waals surface area contributed by atoms with Crippen LogP contribution in [0.25, 0.3) is 0 Å². The van der Waals surface area contributed by atoms with Crippen LogP contribution in [0.1, 0.15) is 23.8 Å². The first kappa shape index (κ1) is 15.4. The van der Waals surface area contributed by atoms with E-state index in [2.05, 4.69) is 10.3 Å². The van der Waals surface area contributed by atoms with Crippen LogP contribution in [0.15, 0.2) is 24.4 Å². The van der Waals surface area contributed by atoms with Gasteiger partial charge in [0.25, 0.3) is 5.91 Å². The van der Waals surface area contributed by atoms with Crippen LogP contribution in [0.4, 0.5) is 0 Å². The predicted molar refractivity (Wildman–Crippen MR) is 74.3 cm³/mol. The number of esters is 1. The number of amides is 1. The van der Waals surface area contributed by atoms with Crippen LogP contribution in [0.2, 0.25) is 0 Å². The third-order valence-electron chi connectivity index (χ3n) is 3.15. The molecule has 1 amide bonds. The summed E-state index contributed by atoms with van der Waals surface area (Å²) in [4.78, 5) is 27.2. The summed E-state index contributed by atoms with van der Waals surface area (Å²) in [6.07, 6.45) is 1.80. The highest BCUT2D eigenvalue weighted by atomic mass is 32.2. The van der Waals surface area contributed by atoms with Gasteiger partial charge in [0.1, 0.15) is 5.69 Å². The number of hydrogen-bond acceptors (Lipinski definition) is 6. The highest BCUT2D eigenvalue weighted by Crippen LogP contribution is 2.22. The van der Waals surface area contributed by atoms with Crippen LogP contribution >= 0.6 is 0 Å². The van der Waals surface area contributed by atoms with Crippen molar-refractivity contribution in [1.29, 1.82) is 0 Å². The minimum Gasteiger partial charge on any atom is -0.451 e. The molecule has 0 spiro atoms. The summed E-state index contributed by atoms with van der Waals surface area (Å²) in [5.74, 6) is -1.27. The Morgan fingerprint density at radius 1 is 1.43 bits per heavy atom. The lowest BCUT2D eigenvalue weighted by molar-refractivity contribution is -0.125. The first-order chi connectivity index (χ1) is 9.80. The largest absolute Gasteiger partial charge is 0.451 e. The highest BCUT2D eigenvalue weighted by molar-refractivity contribution is 7.91. The molecule has 1 saturated heterocycles. The van der Waals surface area contributed by atoms with Crippen LogP contribution in [0.3, 0.4) is 0 Å². The lowest BCUT2D eigenvalue weighted by Gasteiger charge is -2.23. The first-order valence-corrected chi connectivity index (χ1v) is 8.21. The van der Waals surface area contributed by atoms with E-state index in [1.54, 1.807) is 19.1 Å². The van der Waals surface area contributed by atoms with Crippen molar-refractivity contribution >= 4 is 21.7 Å². The van der Waals surface area contributed by atoms with E-state index in [0.717, 1.165) is 0 Å². The quantitative estimate of drug-likeness (QED) is 0.781. The minimum absolute atomic E-state index is 0.0531. The summed E-state index contributed by atoms with van der Waals surface area (Å²) in [7, 11) is -3.11. The number of aromatic nitrogens is 1. The van der Waals surface area contributed by atoms with Crippen LogP contribution in [0, 0.1) is 0 Å². The first-order valence-electron chi connectivity index (χ1n) is 6.39. The molecule has 21 heavy (non-hydrogen) atoms. The molecule has 0 aliphatic carbocycles. The van der Waals surface area contributed by atoms with E-state index in [1.807, 2.05) is 0 Å². The molecule has 1 fully saturated rings. The lowest BCUT2D eigenvalue weighted by atomic mass is 10.0. The lowest BCUT2D eigenvalue weighted by Crippen LogP contribution is -2.48. The zero-order chi connectivity index (χ0) is 15.5. The van der Waals surface area contributed by atoms with Crippen LogP contribution in [-0.2, 0) is 19.4 Å². The zero-order valence-corrected chi connectivity index (χ0v) is 12.4. The second-order valence-electron chi connectivity index (χ2n) is 5.24. The van der Waals surface area contributed by atoms with E-state index in [-0.39, 0.29) is 17.2 Å². The number of ether oxygens (including phenoxy) is 1. The Bertz CT molecular complexity index is 644. The van der Waals surface area contributed by atoms with Crippen molar-refractivity contribution < 1.29 is 22.7 Å². The Labute approximate surface area is 122 Å². The van der Waals surface area contributed by atoms with E-state index in [9.17, 15) is 18.0 Å². The average molecular weight is 312 g/mol. The Balaban J connectivity index is 1.85. The average Bonchev–Trinajstić information content (AvgIpc) is 2.70. The maximum Gasteiger partial charge on any atom is 0.357 e. The minimum atomic E-state index is -3.11. The van der Waals surface area contributed by atoms with Gasteiger partial charge in [0.15, 0.2) is 16.4 Å². The predicted octanol–water partition coefficient (Wildman–Crippen LogP) is -0.0682. The Kier molecular flexibility index (Phi) is 4.26. The second kappa shape index (κ2) is 5.80. The fourth-order valence-electron chi connectivity index (χ4n) is 2.17. The molecule has 1 aliphatic heterocycles. The molecular weight excluding hydrogens is 296 g/mol. The molecule has 1 aromatic rings. The molecule has 1 N–H and O–H groups in total. The SMILES string of the molecule is C[C@]1(NC(=O)COC(=O)c2ccccn2)CCS(=O)(=O)C1. The number of sulfone groups is 1. The van der Waals surface area contributed by atoms with E-state index < -0.39 is 33.9 Å². The van der Waals surface area contributed by atoms with Crippen molar-refractivity contribution in [2.75, 3.05) is 18.1 Å². The summed E-state index contributed by atoms with van der Waals surface area (Å²) in [6, 6.07) is 4.77. The van der Waals surface area contributed by atoms with Crippen LogP contribution in [0.5, 0.6) is 0 Å². The zero-order valence-electron chi connectivity index (χ0n) is 11.5. The van der Waals surface area contributed by atoms with Gasteiger partial charge in [0, 0.05) is 6.20 Å². The van der Waals surface area contributed by atoms with E-state index in [1.165, 1.54) is 12.3 Å². The van der Waals surface area contributed by atoms with Crippen LogP contribution < -0.4 is 5.32 Å². The van der Waals surface area contributed by atoms with Crippen molar-refractivity contribution in [3.8, 4) is 0 Å². The Hall–Kier alpha value is -1.96. The summed E-state index contributed by atoms with van der Waals surface area (Å²) >= 11 is 0. The van der Waals surface area contributed by atoms with Crippen molar-refractivity contribution in [2.24, 2.45) is 0 Å². The Morgan fingerprint density at radius 3 is 2.76 bits per heavy atom. The molecule has 0 aromatic carbocycles. The molecular formula is C13H16N2O5S. The normalized spacial score (nSPS) is 23.5. The summed E-state index contributed by atoms with van der Waals surface area (Å²) in [5, 5.41) is 2.60. The van der Waals surface area contributed by atoms with Gasteiger partial charge < -0.3 is 10.1 Å². The molecule has 0 unspecified atom stereocenters. The van der Waals surface area contributed by atoms with Gasteiger partial charge in [-0.15, -0.1) is 0 Å². The fraction of sp³-hybridized carbons (Fsp3) is 0.462. The summed E-state index contributed by atoms with van der Waals surface area (Å²) < 4.78 is 27.7. The third kappa shape index (κ3) is 4.25. The number of pyridine rings is 1. The number of rotatable bonds is 4. The van der Waals surface area contributed by atoms with Gasteiger partial charge in [0.05, 0.1) is 17.0 Å². The molecule has 8 heteroatoms. The van der Waals surface area contributed by atoms with Crippen molar-refractivity contribution in [3.63, 3.8) is 0 Å². The smallest absolute Gasteiger partial charge is 0.357 e. The number of hydrogen-bond donors (Lipinski definition) is 1. The van der Waals surface area contributed by atoms with Gasteiger partial charge in [-0.25, -0.2) is 18.2 Å².